The maximum absolute atomic E-state index is 12.2. The lowest BCUT2D eigenvalue weighted by Crippen LogP contribution is -2.22. The normalized spacial score (nSPS) is 10.3. The van der Waals surface area contributed by atoms with Crippen LogP contribution in [0.5, 0.6) is 5.75 Å². The number of benzene rings is 2. The van der Waals surface area contributed by atoms with E-state index in [1.54, 1.807) is 19.0 Å². The fourth-order valence-corrected chi connectivity index (χ4v) is 2.50. The summed E-state index contributed by atoms with van der Waals surface area (Å²) in [5.41, 5.74) is 3.87. The Morgan fingerprint density at radius 3 is 2.54 bits per heavy atom. The Hall–Kier alpha value is -2.82. The van der Waals surface area contributed by atoms with Crippen molar-refractivity contribution in [2.24, 2.45) is 0 Å². The zero-order valence-electron chi connectivity index (χ0n) is 15.8. The lowest BCUT2D eigenvalue weighted by Gasteiger charge is -2.12. The van der Waals surface area contributed by atoms with Crippen LogP contribution in [0.15, 0.2) is 42.5 Å². The van der Waals surface area contributed by atoms with Crippen molar-refractivity contribution in [3.05, 3.63) is 59.2 Å². The summed E-state index contributed by atoms with van der Waals surface area (Å²) in [5, 5.41) is 2.84. The second-order valence-corrected chi connectivity index (χ2v) is 6.52. The molecule has 2 aromatic rings. The molecule has 1 N–H and O–H groups in total. The molecule has 26 heavy (non-hydrogen) atoms. The van der Waals surface area contributed by atoms with Crippen LogP contribution in [0.1, 0.15) is 23.1 Å². The van der Waals surface area contributed by atoms with Crippen molar-refractivity contribution in [1.29, 1.82) is 0 Å². The highest BCUT2D eigenvalue weighted by Crippen LogP contribution is 2.20. The molecule has 0 spiro atoms. The van der Waals surface area contributed by atoms with Crippen LogP contribution in [0, 0.1) is 13.8 Å². The predicted octanol–water partition coefficient (Wildman–Crippen LogP) is 3.34. The van der Waals surface area contributed by atoms with Gasteiger partial charge in [-0.3, -0.25) is 9.59 Å². The first-order valence-electron chi connectivity index (χ1n) is 8.65. The number of rotatable bonds is 7. The average molecular weight is 354 g/mol. The second-order valence-electron chi connectivity index (χ2n) is 6.52. The van der Waals surface area contributed by atoms with Gasteiger partial charge in [-0.1, -0.05) is 24.3 Å². The van der Waals surface area contributed by atoms with Crippen LogP contribution in [0.25, 0.3) is 0 Å². The Morgan fingerprint density at radius 2 is 1.81 bits per heavy atom. The van der Waals surface area contributed by atoms with Gasteiger partial charge in [0.25, 0.3) is 5.91 Å². The minimum atomic E-state index is -0.215. The highest BCUT2D eigenvalue weighted by molar-refractivity contribution is 5.92. The van der Waals surface area contributed by atoms with E-state index in [2.05, 4.69) is 5.32 Å². The highest BCUT2D eigenvalue weighted by Gasteiger charge is 2.08. The van der Waals surface area contributed by atoms with Crippen molar-refractivity contribution in [1.82, 2.24) is 4.90 Å². The standard InChI is InChI=1S/C21H26N2O3/c1-15-7-5-10-19(16(15)2)26-14-20(24)22-18-9-6-8-17(13-18)11-12-21(25)23(3)4/h5-10,13H,11-12,14H2,1-4H3,(H,22,24). The molecule has 5 nitrogen and oxygen atoms in total. The summed E-state index contributed by atoms with van der Waals surface area (Å²) in [5.74, 6) is 0.588. The van der Waals surface area contributed by atoms with E-state index >= 15 is 0 Å². The van der Waals surface area contributed by atoms with Crippen LogP contribution >= 0.6 is 0 Å². The van der Waals surface area contributed by atoms with Crippen molar-refractivity contribution in [2.75, 3.05) is 26.0 Å². The molecule has 138 valence electrons. The van der Waals surface area contributed by atoms with Crippen molar-refractivity contribution in [3.63, 3.8) is 0 Å². The van der Waals surface area contributed by atoms with Crippen LogP contribution in [0.3, 0.4) is 0 Å². The first-order chi connectivity index (χ1) is 12.4. The lowest BCUT2D eigenvalue weighted by molar-refractivity contribution is -0.128. The largest absolute Gasteiger partial charge is 0.483 e. The zero-order chi connectivity index (χ0) is 19.1. The molecule has 0 aliphatic rings. The van der Waals surface area contributed by atoms with Gasteiger partial charge in [-0.2, -0.15) is 0 Å². The van der Waals surface area contributed by atoms with Crippen molar-refractivity contribution in [2.45, 2.75) is 26.7 Å². The van der Waals surface area contributed by atoms with Gasteiger partial charge in [0.2, 0.25) is 5.91 Å². The lowest BCUT2D eigenvalue weighted by atomic mass is 10.1. The fraction of sp³-hybridized carbons (Fsp3) is 0.333. The Bertz CT molecular complexity index is 785. The molecule has 0 fully saturated rings. The van der Waals surface area contributed by atoms with Crippen LogP contribution in [0.4, 0.5) is 5.69 Å². The molecule has 0 aliphatic heterocycles. The summed E-state index contributed by atoms with van der Waals surface area (Å²) in [4.78, 5) is 25.4. The minimum absolute atomic E-state index is 0.0480. The van der Waals surface area contributed by atoms with E-state index in [-0.39, 0.29) is 18.4 Å². The van der Waals surface area contributed by atoms with Crippen LogP contribution in [-0.4, -0.2) is 37.4 Å². The monoisotopic (exact) mass is 354 g/mol. The van der Waals surface area contributed by atoms with Gasteiger partial charge < -0.3 is 15.0 Å². The van der Waals surface area contributed by atoms with Crippen molar-refractivity contribution >= 4 is 17.5 Å². The number of carbonyl (C=O) groups excluding carboxylic acids is 2. The predicted molar refractivity (Wildman–Crippen MR) is 103 cm³/mol. The van der Waals surface area contributed by atoms with E-state index in [0.717, 1.165) is 22.4 Å². The van der Waals surface area contributed by atoms with E-state index in [4.69, 9.17) is 4.74 Å². The van der Waals surface area contributed by atoms with Crippen molar-refractivity contribution in [3.8, 4) is 5.75 Å². The Labute approximate surface area is 155 Å². The van der Waals surface area contributed by atoms with Crippen LogP contribution < -0.4 is 10.1 Å². The molecule has 0 unspecified atom stereocenters. The number of amides is 2. The van der Waals surface area contributed by atoms with Gasteiger partial charge >= 0.3 is 0 Å². The Balaban J connectivity index is 1.89. The number of hydrogen-bond acceptors (Lipinski definition) is 3. The number of anilines is 1. The molecule has 0 bridgehead atoms. The molecule has 2 rings (SSSR count). The summed E-state index contributed by atoms with van der Waals surface area (Å²) >= 11 is 0. The molecule has 0 aromatic heterocycles. The van der Waals surface area contributed by atoms with Gasteiger partial charge in [0, 0.05) is 26.2 Å². The summed E-state index contributed by atoms with van der Waals surface area (Å²) in [7, 11) is 3.49. The van der Waals surface area contributed by atoms with Gasteiger partial charge in [-0.05, 0) is 55.2 Å². The molecule has 2 aromatic carbocycles. The van der Waals surface area contributed by atoms with Gasteiger partial charge in [0.15, 0.2) is 6.61 Å². The number of nitrogens with one attached hydrogen (secondary N) is 1. The minimum Gasteiger partial charge on any atom is -0.483 e. The maximum atomic E-state index is 12.2. The second kappa shape index (κ2) is 9.04. The van der Waals surface area contributed by atoms with E-state index in [1.807, 2.05) is 56.3 Å². The molecule has 0 atom stereocenters. The number of nitrogens with zero attached hydrogens (tertiary/aromatic N) is 1. The van der Waals surface area contributed by atoms with Gasteiger partial charge in [-0.25, -0.2) is 0 Å². The molecular weight excluding hydrogens is 328 g/mol. The molecule has 0 saturated carbocycles. The van der Waals surface area contributed by atoms with E-state index < -0.39 is 0 Å². The van der Waals surface area contributed by atoms with Crippen LogP contribution in [0.2, 0.25) is 0 Å². The summed E-state index contributed by atoms with van der Waals surface area (Å²) in [6.45, 7) is 3.93. The molecular formula is C21H26N2O3. The molecule has 2 amide bonds. The van der Waals surface area contributed by atoms with Crippen molar-refractivity contribution < 1.29 is 14.3 Å². The number of hydrogen-bond donors (Lipinski definition) is 1. The van der Waals surface area contributed by atoms with E-state index in [0.29, 0.717) is 18.5 Å². The van der Waals surface area contributed by atoms with Gasteiger partial charge in [0.1, 0.15) is 5.75 Å². The SMILES string of the molecule is Cc1cccc(OCC(=O)Nc2cccc(CCC(=O)N(C)C)c2)c1C. The first-order valence-corrected chi connectivity index (χ1v) is 8.65. The highest BCUT2D eigenvalue weighted by atomic mass is 16.5. The Morgan fingerprint density at radius 1 is 1.08 bits per heavy atom. The summed E-state index contributed by atoms with van der Waals surface area (Å²) < 4.78 is 5.62. The first kappa shape index (κ1) is 19.5. The molecule has 0 aliphatic carbocycles. The third-order valence-electron chi connectivity index (χ3n) is 4.25. The number of carbonyl (C=O) groups is 2. The quantitative estimate of drug-likeness (QED) is 0.830. The van der Waals surface area contributed by atoms with E-state index in [9.17, 15) is 9.59 Å². The van der Waals surface area contributed by atoms with Gasteiger partial charge in [-0.15, -0.1) is 0 Å². The Kier molecular flexibility index (Phi) is 6.78. The number of ether oxygens (including phenoxy) is 1. The third-order valence-corrected chi connectivity index (χ3v) is 4.25. The molecule has 0 heterocycles. The zero-order valence-corrected chi connectivity index (χ0v) is 15.8. The fourth-order valence-electron chi connectivity index (χ4n) is 2.50. The summed E-state index contributed by atoms with van der Waals surface area (Å²) in [6, 6.07) is 13.3. The smallest absolute Gasteiger partial charge is 0.262 e. The van der Waals surface area contributed by atoms with Crippen LogP contribution in [-0.2, 0) is 16.0 Å². The maximum Gasteiger partial charge on any atom is 0.262 e. The molecule has 5 heteroatoms. The summed E-state index contributed by atoms with van der Waals surface area (Å²) in [6.07, 6.45) is 1.08. The van der Waals surface area contributed by atoms with E-state index in [1.165, 1.54) is 0 Å². The molecule has 0 radical (unpaired) electrons. The average Bonchev–Trinajstić information content (AvgIpc) is 2.61. The third kappa shape index (κ3) is 5.62. The molecule has 0 saturated heterocycles. The number of aryl methyl sites for hydroxylation is 2. The topological polar surface area (TPSA) is 58.6 Å². The van der Waals surface area contributed by atoms with Gasteiger partial charge in [0.05, 0.1) is 0 Å².